The summed E-state index contributed by atoms with van der Waals surface area (Å²) in [5.41, 5.74) is 0.249. The number of halogens is 2. The van der Waals surface area contributed by atoms with Gasteiger partial charge in [0.1, 0.15) is 23.1 Å². The molecule has 0 aromatic heterocycles. The molecule has 2 rings (SSSR count). The third-order valence-corrected chi connectivity index (χ3v) is 2.76. The van der Waals surface area contributed by atoms with Gasteiger partial charge < -0.3 is 15.4 Å². The Bertz CT molecular complexity index is 610. The molecule has 0 saturated carbocycles. The Balaban J connectivity index is 1.92. The lowest BCUT2D eigenvalue weighted by molar-refractivity contribution is -0.114. The van der Waals surface area contributed by atoms with Crippen LogP contribution in [0.5, 0.6) is 5.75 Å². The second-order valence-electron chi connectivity index (χ2n) is 4.23. The van der Waals surface area contributed by atoms with Crippen molar-refractivity contribution in [3.05, 3.63) is 54.1 Å². The van der Waals surface area contributed by atoms with Gasteiger partial charge in [-0.3, -0.25) is 4.79 Å². The molecule has 0 fully saturated rings. The molecule has 0 spiro atoms. The van der Waals surface area contributed by atoms with E-state index in [4.69, 9.17) is 4.74 Å². The fourth-order valence-electron chi connectivity index (χ4n) is 1.71. The molecule has 0 bridgehead atoms. The molecule has 2 aromatic carbocycles. The zero-order chi connectivity index (χ0) is 15.2. The van der Waals surface area contributed by atoms with Crippen LogP contribution in [-0.2, 0) is 4.79 Å². The number of benzene rings is 2. The second-order valence-corrected chi connectivity index (χ2v) is 4.23. The van der Waals surface area contributed by atoms with E-state index in [-0.39, 0.29) is 12.2 Å². The number of hydrogen-bond acceptors (Lipinski definition) is 3. The van der Waals surface area contributed by atoms with E-state index < -0.39 is 17.5 Å². The summed E-state index contributed by atoms with van der Waals surface area (Å²) in [6.45, 7) is -0.246. The van der Waals surface area contributed by atoms with Crippen LogP contribution in [-0.4, -0.2) is 19.6 Å². The fourth-order valence-corrected chi connectivity index (χ4v) is 1.71. The van der Waals surface area contributed by atoms with E-state index in [0.29, 0.717) is 11.4 Å². The number of rotatable bonds is 5. The molecule has 0 heterocycles. The Kier molecular flexibility index (Phi) is 4.71. The van der Waals surface area contributed by atoms with E-state index in [1.807, 2.05) is 0 Å². The van der Waals surface area contributed by atoms with Gasteiger partial charge >= 0.3 is 0 Å². The highest BCUT2D eigenvalue weighted by Gasteiger charge is 2.09. The van der Waals surface area contributed by atoms with Crippen LogP contribution in [0, 0.1) is 11.6 Å². The van der Waals surface area contributed by atoms with Crippen molar-refractivity contribution in [3.63, 3.8) is 0 Å². The first-order valence-electron chi connectivity index (χ1n) is 6.22. The highest BCUT2D eigenvalue weighted by molar-refractivity contribution is 5.93. The highest BCUT2D eigenvalue weighted by atomic mass is 19.1. The van der Waals surface area contributed by atoms with Gasteiger partial charge in [0.2, 0.25) is 5.91 Å². The van der Waals surface area contributed by atoms with Gasteiger partial charge in [-0.25, -0.2) is 8.78 Å². The van der Waals surface area contributed by atoms with Crippen molar-refractivity contribution < 1.29 is 18.3 Å². The zero-order valence-corrected chi connectivity index (χ0v) is 11.3. The molecule has 6 heteroatoms. The molecule has 2 N–H and O–H groups in total. The van der Waals surface area contributed by atoms with Gasteiger partial charge in [-0.1, -0.05) is 6.07 Å². The number of amides is 1. The monoisotopic (exact) mass is 292 g/mol. The Morgan fingerprint density at radius 1 is 1.10 bits per heavy atom. The minimum absolute atomic E-state index is 0.246. The number of carbonyl (C=O) groups excluding carboxylic acids is 1. The number of methoxy groups -OCH3 is 1. The molecule has 4 nitrogen and oxygen atoms in total. The van der Waals surface area contributed by atoms with Crippen LogP contribution in [0.1, 0.15) is 0 Å². The van der Waals surface area contributed by atoms with Crippen LogP contribution in [0.2, 0.25) is 0 Å². The van der Waals surface area contributed by atoms with Crippen molar-refractivity contribution in [2.75, 3.05) is 24.3 Å². The van der Waals surface area contributed by atoms with Crippen LogP contribution in [0.15, 0.2) is 42.5 Å². The number of ether oxygens (including phenoxy) is 1. The summed E-state index contributed by atoms with van der Waals surface area (Å²) in [6, 6.07) is 10.2. The van der Waals surface area contributed by atoms with Crippen molar-refractivity contribution >= 4 is 17.3 Å². The number of para-hydroxylation sites is 1. The molecule has 0 aliphatic rings. The third-order valence-electron chi connectivity index (χ3n) is 2.76. The molecule has 21 heavy (non-hydrogen) atoms. The molecule has 0 unspecified atom stereocenters. The Labute approximate surface area is 120 Å². The van der Waals surface area contributed by atoms with Gasteiger partial charge in [-0.2, -0.15) is 0 Å². The molecule has 0 saturated heterocycles. The summed E-state index contributed by atoms with van der Waals surface area (Å²) in [5, 5.41) is 5.04. The summed E-state index contributed by atoms with van der Waals surface area (Å²) in [6.07, 6.45) is 0. The molecule has 0 aliphatic carbocycles. The zero-order valence-electron chi connectivity index (χ0n) is 11.3. The smallest absolute Gasteiger partial charge is 0.243 e. The predicted molar refractivity (Wildman–Crippen MR) is 76.5 cm³/mol. The third kappa shape index (κ3) is 3.92. The Hall–Kier alpha value is -2.63. The van der Waals surface area contributed by atoms with Crippen LogP contribution in [0.25, 0.3) is 0 Å². The van der Waals surface area contributed by atoms with Gasteiger partial charge in [0.15, 0.2) is 0 Å². The first-order valence-corrected chi connectivity index (χ1v) is 6.22. The second kappa shape index (κ2) is 6.69. The van der Waals surface area contributed by atoms with Gasteiger partial charge in [0, 0.05) is 5.69 Å². The average Bonchev–Trinajstić information content (AvgIpc) is 2.47. The number of hydrogen-bond donors (Lipinski definition) is 2. The molecule has 1 amide bonds. The maximum atomic E-state index is 13.4. The van der Waals surface area contributed by atoms with Crippen molar-refractivity contribution in [2.24, 2.45) is 0 Å². The van der Waals surface area contributed by atoms with Crippen LogP contribution in [0.4, 0.5) is 20.2 Å². The molecular weight excluding hydrogens is 278 g/mol. The lowest BCUT2D eigenvalue weighted by Gasteiger charge is -2.09. The fraction of sp³-hybridized carbons (Fsp3) is 0.133. The van der Waals surface area contributed by atoms with Gasteiger partial charge in [-0.15, -0.1) is 0 Å². The summed E-state index contributed by atoms with van der Waals surface area (Å²) in [5.74, 6) is -1.23. The van der Waals surface area contributed by atoms with E-state index >= 15 is 0 Å². The molecule has 0 aliphatic heterocycles. The minimum Gasteiger partial charge on any atom is -0.497 e. The largest absolute Gasteiger partial charge is 0.497 e. The first-order chi connectivity index (χ1) is 10.1. The maximum absolute atomic E-state index is 13.4. The molecule has 0 atom stereocenters. The van der Waals surface area contributed by atoms with E-state index in [9.17, 15) is 13.6 Å². The van der Waals surface area contributed by atoms with Crippen molar-refractivity contribution in [1.82, 2.24) is 0 Å². The Morgan fingerprint density at radius 2 is 1.71 bits per heavy atom. The number of carbonyl (C=O) groups is 1. The lowest BCUT2D eigenvalue weighted by atomic mass is 10.3. The SMILES string of the molecule is COc1ccc(NC(=O)CNc2c(F)cccc2F)cc1. The van der Waals surface area contributed by atoms with Crippen LogP contribution < -0.4 is 15.4 Å². The maximum Gasteiger partial charge on any atom is 0.243 e. The van der Waals surface area contributed by atoms with E-state index in [1.54, 1.807) is 31.4 Å². The summed E-state index contributed by atoms with van der Waals surface area (Å²) in [4.78, 5) is 11.7. The van der Waals surface area contributed by atoms with Gasteiger partial charge in [-0.05, 0) is 36.4 Å². The first kappa shape index (κ1) is 14.8. The van der Waals surface area contributed by atoms with E-state index in [0.717, 1.165) is 12.1 Å². The predicted octanol–water partition coefficient (Wildman–Crippen LogP) is 3.02. The molecule has 2 aromatic rings. The summed E-state index contributed by atoms with van der Waals surface area (Å²) < 4.78 is 31.7. The van der Waals surface area contributed by atoms with Gasteiger partial charge in [0.05, 0.1) is 13.7 Å². The van der Waals surface area contributed by atoms with E-state index in [2.05, 4.69) is 10.6 Å². The van der Waals surface area contributed by atoms with Crippen LogP contribution >= 0.6 is 0 Å². The number of nitrogens with one attached hydrogen (secondary N) is 2. The Morgan fingerprint density at radius 3 is 2.29 bits per heavy atom. The number of anilines is 2. The van der Waals surface area contributed by atoms with Crippen molar-refractivity contribution in [3.8, 4) is 5.75 Å². The topological polar surface area (TPSA) is 50.4 Å². The highest BCUT2D eigenvalue weighted by Crippen LogP contribution is 2.18. The van der Waals surface area contributed by atoms with Gasteiger partial charge in [0.25, 0.3) is 0 Å². The van der Waals surface area contributed by atoms with Crippen LogP contribution in [0.3, 0.4) is 0 Å². The standard InChI is InChI=1S/C15H14F2N2O2/c1-21-11-7-5-10(6-8-11)19-14(20)9-18-15-12(16)3-2-4-13(15)17/h2-8,18H,9H2,1H3,(H,19,20). The minimum atomic E-state index is -0.743. The summed E-state index contributed by atoms with van der Waals surface area (Å²) >= 11 is 0. The molecular formula is C15H14F2N2O2. The summed E-state index contributed by atoms with van der Waals surface area (Å²) in [7, 11) is 1.54. The van der Waals surface area contributed by atoms with E-state index in [1.165, 1.54) is 6.07 Å². The normalized spacial score (nSPS) is 10.0. The lowest BCUT2D eigenvalue weighted by Crippen LogP contribution is -2.22. The molecule has 110 valence electrons. The van der Waals surface area contributed by atoms with Crippen molar-refractivity contribution in [2.45, 2.75) is 0 Å². The average molecular weight is 292 g/mol. The quantitative estimate of drug-likeness (QED) is 0.890. The molecule has 0 radical (unpaired) electrons. The van der Waals surface area contributed by atoms with Crippen molar-refractivity contribution in [1.29, 1.82) is 0 Å².